The lowest BCUT2D eigenvalue weighted by atomic mass is 10.2. The van der Waals surface area contributed by atoms with Gasteiger partial charge in [-0.2, -0.15) is 0 Å². The van der Waals surface area contributed by atoms with Gasteiger partial charge in [0.1, 0.15) is 5.82 Å². The molecule has 112 valence electrons. The Morgan fingerprint density at radius 1 is 1.23 bits per heavy atom. The minimum Gasteiger partial charge on any atom is -0.348 e. The monoisotopic (exact) mass is 300 g/mol. The number of non-ortho nitro benzene ring substituents is 1. The maximum Gasteiger partial charge on any atom is 0.270 e. The molecule has 2 aromatic carbocycles. The first-order chi connectivity index (χ1) is 10.5. The summed E-state index contributed by atoms with van der Waals surface area (Å²) in [7, 11) is 0. The van der Waals surface area contributed by atoms with Gasteiger partial charge in [-0.15, -0.1) is 0 Å². The van der Waals surface area contributed by atoms with E-state index >= 15 is 0 Å². The quantitative estimate of drug-likeness (QED) is 0.524. The fraction of sp³-hybridized carbons (Fsp3) is 0.0625. The number of carbonyl (C=O) groups is 1. The van der Waals surface area contributed by atoms with Crippen molar-refractivity contribution in [1.82, 2.24) is 5.32 Å². The highest BCUT2D eigenvalue weighted by atomic mass is 19.1. The summed E-state index contributed by atoms with van der Waals surface area (Å²) in [6, 6.07) is 11.8. The first-order valence-corrected chi connectivity index (χ1v) is 6.49. The molecule has 5 nitrogen and oxygen atoms in total. The molecule has 1 N–H and O–H groups in total. The molecule has 0 aliphatic heterocycles. The van der Waals surface area contributed by atoms with Crippen molar-refractivity contribution in [3.63, 3.8) is 0 Å². The Morgan fingerprint density at radius 2 is 1.95 bits per heavy atom. The van der Waals surface area contributed by atoms with Crippen LogP contribution in [0.25, 0.3) is 6.08 Å². The van der Waals surface area contributed by atoms with Crippen molar-refractivity contribution < 1.29 is 14.1 Å². The lowest BCUT2D eigenvalue weighted by molar-refractivity contribution is -0.384. The van der Waals surface area contributed by atoms with E-state index in [1.54, 1.807) is 24.3 Å². The summed E-state index contributed by atoms with van der Waals surface area (Å²) in [5, 5.41) is 13.3. The van der Waals surface area contributed by atoms with Crippen LogP contribution >= 0.6 is 0 Å². The first-order valence-electron chi connectivity index (χ1n) is 6.49. The number of nitrogens with zero attached hydrogens (tertiary/aromatic N) is 1. The average Bonchev–Trinajstić information content (AvgIpc) is 2.52. The second-order valence-electron chi connectivity index (χ2n) is 4.53. The Kier molecular flexibility index (Phi) is 4.98. The predicted octanol–water partition coefficient (Wildman–Crippen LogP) is 3.06. The van der Waals surface area contributed by atoms with Gasteiger partial charge in [-0.05, 0) is 29.3 Å². The minimum atomic E-state index is -0.494. The summed E-state index contributed by atoms with van der Waals surface area (Å²) in [5.41, 5.74) is 1.30. The Balaban J connectivity index is 1.92. The molecular weight excluding hydrogens is 287 g/mol. The third-order valence-corrected chi connectivity index (χ3v) is 2.89. The number of benzene rings is 2. The zero-order valence-corrected chi connectivity index (χ0v) is 11.5. The van der Waals surface area contributed by atoms with Crippen LogP contribution in [0, 0.1) is 15.9 Å². The molecular formula is C16H13FN2O3. The summed E-state index contributed by atoms with van der Waals surface area (Å²) in [6.07, 6.45) is 2.79. The van der Waals surface area contributed by atoms with Crippen LogP contribution in [0.1, 0.15) is 11.1 Å². The van der Waals surface area contributed by atoms with Gasteiger partial charge in [0.25, 0.3) is 5.69 Å². The molecule has 6 heteroatoms. The van der Waals surface area contributed by atoms with Gasteiger partial charge in [0.2, 0.25) is 5.91 Å². The normalized spacial score (nSPS) is 10.6. The van der Waals surface area contributed by atoms with E-state index < -0.39 is 4.92 Å². The molecule has 0 aliphatic rings. The molecule has 0 bridgehead atoms. The van der Waals surface area contributed by atoms with Crippen LogP contribution in [0.2, 0.25) is 0 Å². The summed E-state index contributed by atoms with van der Waals surface area (Å²) >= 11 is 0. The second kappa shape index (κ2) is 7.12. The van der Waals surface area contributed by atoms with Crippen molar-refractivity contribution in [3.8, 4) is 0 Å². The second-order valence-corrected chi connectivity index (χ2v) is 4.53. The van der Waals surface area contributed by atoms with Crippen LogP contribution in [0.5, 0.6) is 0 Å². The number of rotatable bonds is 5. The van der Waals surface area contributed by atoms with Crippen molar-refractivity contribution in [1.29, 1.82) is 0 Å². The SMILES string of the molecule is O=C(/C=C\c1cccc([N+](=O)[O-])c1)NCc1ccc(F)cc1. The highest BCUT2D eigenvalue weighted by molar-refractivity contribution is 5.91. The molecule has 0 fully saturated rings. The summed E-state index contributed by atoms with van der Waals surface area (Å²) in [6.45, 7) is 0.276. The van der Waals surface area contributed by atoms with Crippen molar-refractivity contribution >= 4 is 17.7 Å². The van der Waals surface area contributed by atoms with Crippen molar-refractivity contribution in [2.24, 2.45) is 0 Å². The van der Waals surface area contributed by atoms with E-state index in [-0.39, 0.29) is 24.0 Å². The maximum absolute atomic E-state index is 12.7. The van der Waals surface area contributed by atoms with Crippen LogP contribution in [-0.4, -0.2) is 10.8 Å². The van der Waals surface area contributed by atoms with E-state index in [1.165, 1.54) is 36.4 Å². The molecule has 0 radical (unpaired) electrons. The van der Waals surface area contributed by atoms with Gasteiger partial charge in [0.15, 0.2) is 0 Å². The lowest BCUT2D eigenvalue weighted by Crippen LogP contribution is -2.20. The number of hydrogen-bond acceptors (Lipinski definition) is 3. The highest BCUT2D eigenvalue weighted by Crippen LogP contribution is 2.14. The number of hydrogen-bond donors (Lipinski definition) is 1. The van der Waals surface area contributed by atoms with Gasteiger partial charge < -0.3 is 5.32 Å². The topological polar surface area (TPSA) is 72.2 Å². The van der Waals surface area contributed by atoms with Gasteiger partial charge >= 0.3 is 0 Å². The fourth-order valence-electron chi connectivity index (χ4n) is 1.76. The molecule has 0 unspecified atom stereocenters. The Hall–Kier alpha value is -3.02. The standard InChI is InChI=1S/C16H13FN2O3/c17-14-7-4-13(5-8-14)11-18-16(20)9-6-12-2-1-3-15(10-12)19(21)22/h1-10H,11H2,(H,18,20)/b9-6-. The Bertz CT molecular complexity index is 712. The molecule has 22 heavy (non-hydrogen) atoms. The third kappa shape index (κ3) is 4.52. The Morgan fingerprint density at radius 3 is 2.64 bits per heavy atom. The molecule has 0 spiro atoms. The molecule has 0 saturated heterocycles. The molecule has 0 saturated carbocycles. The van der Waals surface area contributed by atoms with Crippen molar-refractivity contribution in [2.45, 2.75) is 6.54 Å². The average molecular weight is 300 g/mol. The van der Waals surface area contributed by atoms with Crippen molar-refractivity contribution in [3.05, 3.63) is 81.7 Å². The third-order valence-electron chi connectivity index (χ3n) is 2.89. The van der Waals surface area contributed by atoms with Crippen LogP contribution in [-0.2, 0) is 11.3 Å². The van der Waals surface area contributed by atoms with Gasteiger partial charge in [-0.3, -0.25) is 14.9 Å². The van der Waals surface area contributed by atoms with E-state index in [9.17, 15) is 19.3 Å². The molecule has 2 rings (SSSR count). The van der Waals surface area contributed by atoms with Crippen LogP contribution in [0.15, 0.2) is 54.6 Å². The van der Waals surface area contributed by atoms with Crippen LogP contribution in [0.4, 0.5) is 10.1 Å². The molecule has 0 atom stereocenters. The minimum absolute atomic E-state index is 0.0335. The lowest BCUT2D eigenvalue weighted by Gasteiger charge is -2.02. The molecule has 0 aliphatic carbocycles. The predicted molar refractivity (Wildman–Crippen MR) is 80.4 cm³/mol. The smallest absolute Gasteiger partial charge is 0.270 e. The van der Waals surface area contributed by atoms with E-state index in [1.807, 2.05) is 0 Å². The van der Waals surface area contributed by atoms with Gasteiger partial charge in [-0.1, -0.05) is 24.3 Å². The molecule has 0 heterocycles. The van der Waals surface area contributed by atoms with E-state index in [4.69, 9.17) is 0 Å². The zero-order valence-electron chi connectivity index (χ0n) is 11.5. The first kappa shape index (κ1) is 15.4. The zero-order chi connectivity index (χ0) is 15.9. The largest absolute Gasteiger partial charge is 0.348 e. The van der Waals surface area contributed by atoms with Gasteiger partial charge in [0.05, 0.1) is 4.92 Å². The number of nitrogens with one attached hydrogen (secondary N) is 1. The summed E-state index contributed by atoms with van der Waals surface area (Å²) in [5.74, 6) is -0.670. The summed E-state index contributed by atoms with van der Waals surface area (Å²) in [4.78, 5) is 21.8. The van der Waals surface area contributed by atoms with Crippen LogP contribution < -0.4 is 5.32 Å². The van der Waals surface area contributed by atoms with Crippen LogP contribution in [0.3, 0.4) is 0 Å². The fourth-order valence-corrected chi connectivity index (χ4v) is 1.76. The molecule has 1 amide bonds. The highest BCUT2D eigenvalue weighted by Gasteiger charge is 2.04. The van der Waals surface area contributed by atoms with Gasteiger partial charge in [-0.25, -0.2) is 4.39 Å². The number of nitro benzene ring substituents is 1. The van der Waals surface area contributed by atoms with E-state index in [0.29, 0.717) is 5.56 Å². The maximum atomic E-state index is 12.7. The van der Waals surface area contributed by atoms with E-state index in [2.05, 4.69) is 5.32 Å². The Labute approximate surface area is 126 Å². The summed E-state index contributed by atoms with van der Waals surface area (Å²) < 4.78 is 12.7. The number of carbonyl (C=O) groups excluding carboxylic acids is 1. The number of amides is 1. The van der Waals surface area contributed by atoms with E-state index in [0.717, 1.165) is 5.56 Å². The van der Waals surface area contributed by atoms with Gasteiger partial charge in [0, 0.05) is 24.8 Å². The number of halogens is 1. The molecule has 0 aromatic heterocycles. The number of nitro groups is 1. The molecule has 2 aromatic rings. The van der Waals surface area contributed by atoms with Crippen molar-refractivity contribution in [2.75, 3.05) is 0 Å².